The van der Waals surface area contributed by atoms with E-state index in [-0.39, 0.29) is 16.9 Å². The highest BCUT2D eigenvalue weighted by Gasteiger charge is 2.24. The minimum atomic E-state index is -0.610. The molecule has 33 heavy (non-hydrogen) atoms. The van der Waals surface area contributed by atoms with E-state index in [0.717, 1.165) is 5.56 Å². The van der Waals surface area contributed by atoms with Crippen molar-refractivity contribution in [3.63, 3.8) is 0 Å². The zero-order valence-corrected chi connectivity index (χ0v) is 18.1. The number of aryl methyl sites for hydroxylation is 1. The maximum absolute atomic E-state index is 13.6. The Balaban J connectivity index is 1.64. The van der Waals surface area contributed by atoms with Crippen LogP contribution in [0.2, 0.25) is 0 Å². The molecule has 2 aromatic carbocycles. The Labute approximate surface area is 188 Å². The molecule has 5 rings (SSSR count). The van der Waals surface area contributed by atoms with Crippen molar-refractivity contribution in [3.05, 3.63) is 94.2 Å². The van der Waals surface area contributed by atoms with E-state index in [2.05, 4.69) is 15.5 Å². The van der Waals surface area contributed by atoms with Crippen LogP contribution in [0.25, 0.3) is 22.1 Å². The van der Waals surface area contributed by atoms with Crippen LogP contribution in [0.1, 0.15) is 34.7 Å². The Morgan fingerprint density at radius 3 is 2.64 bits per heavy atom. The molecule has 1 amide bonds. The van der Waals surface area contributed by atoms with E-state index in [4.69, 9.17) is 10.7 Å². The van der Waals surface area contributed by atoms with E-state index >= 15 is 0 Å². The molecule has 1 atom stereocenters. The molecule has 0 aliphatic carbocycles. The summed E-state index contributed by atoms with van der Waals surface area (Å²) in [5.74, 6) is 0.0490. The van der Waals surface area contributed by atoms with E-state index in [0.29, 0.717) is 27.9 Å². The van der Waals surface area contributed by atoms with Crippen molar-refractivity contribution in [2.24, 2.45) is 0 Å². The number of rotatable bonds is 4. The van der Waals surface area contributed by atoms with Crippen molar-refractivity contribution < 1.29 is 4.79 Å². The second kappa shape index (κ2) is 7.86. The van der Waals surface area contributed by atoms with E-state index in [1.807, 2.05) is 49.4 Å². The lowest BCUT2D eigenvalue weighted by atomic mass is 10.1. The number of para-hydroxylation sites is 1. The first-order valence-corrected chi connectivity index (χ1v) is 10.4. The van der Waals surface area contributed by atoms with Gasteiger partial charge in [0.25, 0.3) is 11.5 Å². The van der Waals surface area contributed by atoms with Crippen molar-refractivity contribution in [3.8, 4) is 5.69 Å². The summed E-state index contributed by atoms with van der Waals surface area (Å²) in [6, 6.07) is 17.6. The molecule has 3 N–H and O–H groups in total. The van der Waals surface area contributed by atoms with Gasteiger partial charge >= 0.3 is 0 Å². The average Bonchev–Trinajstić information content (AvgIpc) is 3.15. The second-order valence-electron chi connectivity index (χ2n) is 7.77. The molecule has 0 saturated carbocycles. The van der Waals surface area contributed by atoms with Gasteiger partial charge in [-0.15, -0.1) is 9.73 Å². The van der Waals surface area contributed by atoms with Crippen LogP contribution in [0.4, 0.5) is 5.82 Å². The summed E-state index contributed by atoms with van der Waals surface area (Å²) in [5, 5.41) is 11.6. The number of benzene rings is 2. The second-order valence-corrected chi connectivity index (χ2v) is 7.77. The molecule has 0 aliphatic rings. The molecule has 3 aromatic heterocycles. The van der Waals surface area contributed by atoms with Crippen LogP contribution >= 0.6 is 0 Å². The molecule has 0 saturated heterocycles. The van der Waals surface area contributed by atoms with Crippen molar-refractivity contribution in [2.45, 2.75) is 19.9 Å². The monoisotopic (exact) mass is 439 g/mol. The number of hydrogen-bond acceptors (Lipinski definition) is 6. The number of carbonyl (C=O) groups excluding carboxylic acids is 1. The Bertz CT molecular complexity index is 1570. The van der Waals surface area contributed by atoms with Gasteiger partial charge in [-0.3, -0.25) is 14.2 Å². The van der Waals surface area contributed by atoms with Crippen LogP contribution in [0, 0.1) is 6.92 Å². The van der Waals surface area contributed by atoms with Gasteiger partial charge in [0, 0.05) is 6.20 Å². The molecule has 0 spiro atoms. The Morgan fingerprint density at radius 2 is 1.85 bits per heavy atom. The lowest BCUT2D eigenvalue weighted by Gasteiger charge is -2.20. The van der Waals surface area contributed by atoms with Gasteiger partial charge in [-0.1, -0.05) is 30.3 Å². The third-order valence-corrected chi connectivity index (χ3v) is 5.55. The number of fused-ring (bicyclic) bond motifs is 2. The normalized spacial score (nSPS) is 12.2. The molecule has 164 valence electrons. The van der Waals surface area contributed by atoms with Gasteiger partial charge in [-0.25, -0.2) is 4.98 Å². The highest BCUT2D eigenvalue weighted by atomic mass is 16.2. The number of nitrogens with zero attached hydrogens (tertiary/aromatic N) is 5. The van der Waals surface area contributed by atoms with Gasteiger partial charge in [-0.2, -0.15) is 5.10 Å². The predicted molar refractivity (Wildman–Crippen MR) is 125 cm³/mol. The van der Waals surface area contributed by atoms with Crippen molar-refractivity contribution in [2.75, 3.05) is 5.73 Å². The smallest absolute Gasteiger partial charge is 0.266 e. The molecular weight excluding hydrogens is 418 g/mol. The molecule has 3 heterocycles. The number of aromatic nitrogens is 5. The van der Waals surface area contributed by atoms with Crippen LogP contribution in [-0.2, 0) is 0 Å². The average molecular weight is 439 g/mol. The molecule has 0 aliphatic heterocycles. The summed E-state index contributed by atoms with van der Waals surface area (Å²) in [6.45, 7) is 3.66. The fraction of sp³-hybridized carbons (Fsp3) is 0.125. The number of amides is 1. The Kier molecular flexibility index (Phi) is 4.86. The number of nitrogens with one attached hydrogen (secondary N) is 1. The maximum Gasteiger partial charge on any atom is 0.266 e. The minimum Gasteiger partial charge on any atom is -0.381 e. The summed E-state index contributed by atoms with van der Waals surface area (Å²) in [4.78, 5) is 31.6. The Hall–Kier alpha value is -4.53. The van der Waals surface area contributed by atoms with E-state index in [1.165, 1.54) is 4.63 Å². The zero-order valence-electron chi connectivity index (χ0n) is 18.1. The summed E-state index contributed by atoms with van der Waals surface area (Å²) in [5.41, 5.74) is 8.59. The quantitative estimate of drug-likeness (QED) is 0.444. The highest BCUT2D eigenvalue weighted by molar-refractivity contribution is 6.05. The van der Waals surface area contributed by atoms with Crippen LogP contribution in [0.15, 0.2) is 71.7 Å². The number of nitrogen functional groups attached to an aromatic ring is 1. The molecule has 0 unspecified atom stereocenters. The van der Waals surface area contributed by atoms with Gasteiger partial charge in [0.05, 0.1) is 22.6 Å². The summed E-state index contributed by atoms with van der Waals surface area (Å²) < 4.78 is 2.85. The van der Waals surface area contributed by atoms with Crippen LogP contribution in [0.3, 0.4) is 0 Å². The lowest BCUT2D eigenvalue weighted by molar-refractivity contribution is 0.0940. The summed E-state index contributed by atoms with van der Waals surface area (Å²) in [7, 11) is 0. The molecule has 9 nitrogen and oxygen atoms in total. The molecule has 0 radical (unpaired) electrons. The molecular formula is C24H21N7O2. The standard InChI is InChI=1S/C24H21N7O2/c1-14-8-6-11-17-19(14)24(33)30(16-9-4-3-5-10-16)22(28-17)15(2)27-23(32)20-18-12-7-13-26-31(18)29-21(20)25/h3-13,15H,1-2H3,(H2,25,29)(H,27,32)/t15-/m0/s1. The van der Waals surface area contributed by atoms with Gasteiger partial charge in [-0.05, 0) is 49.7 Å². The Morgan fingerprint density at radius 1 is 1.06 bits per heavy atom. The van der Waals surface area contributed by atoms with Crippen molar-refractivity contribution in [1.82, 2.24) is 29.7 Å². The first-order chi connectivity index (χ1) is 16.0. The lowest BCUT2D eigenvalue weighted by Crippen LogP contribution is -2.33. The van der Waals surface area contributed by atoms with Gasteiger partial charge < -0.3 is 11.1 Å². The third-order valence-electron chi connectivity index (χ3n) is 5.55. The topological polar surface area (TPSA) is 120 Å². The highest BCUT2D eigenvalue weighted by Crippen LogP contribution is 2.22. The predicted octanol–water partition coefficient (Wildman–Crippen LogP) is 2.81. The van der Waals surface area contributed by atoms with Gasteiger partial charge in [0.2, 0.25) is 0 Å². The van der Waals surface area contributed by atoms with Crippen molar-refractivity contribution >= 4 is 28.1 Å². The zero-order chi connectivity index (χ0) is 23.1. The van der Waals surface area contributed by atoms with Crippen LogP contribution in [-0.4, -0.2) is 30.3 Å². The van der Waals surface area contributed by atoms with Crippen molar-refractivity contribution in [1.29, 1.82) is 0 Å². The molecule has 0 bridgehead atoms. The largest absolute Gasteiger partial charge is 0.381 e. The van der Waals surface area contributed by atoms with Crippen LogP contribution in [0.5, 0.6) is 0 Å². The molecule has 0 fully saturated rings. The molecule has 9 heteroatoms. The van der Waals surface area contributed by atoms with E-state index in [1.54, 1.807) is 35.9 Å². The number of carbonyl (C=O) groups is 1. The fourth-order valence-electron chi connectivity index (χ4n) is 4.01. The number of hydrogen-bond donors (Lipinski definition) is 2. The first kappa shape index (κ1) is 20.4. The van der Waals surface area contributed by atoms with Crippen LogP contribution < -0.4 is 16.6 Å². The third kappa shape index (κ3) is 3.39. The first-order valence-electron chi connectivity index (χ1n) is 10.4. The van der Waals surface area contributed by atoms with E-state index < -0.39 is 11.9 Å². The van der Waals surface area contributed by atoms with Gasteiger partial charge in [0.1, 0.15) is 16.9 Å². The maximum atomic E-state index is 13.6. The fourth-order valence-corrected chi connectivity index (χ4v) is 4.01. The SMILES string of the molecule is Cc1cccc2nc([C@H](C)NC(=O)c3c(N)nn4ncccc34)n(-c3ccccc3)c(=O)c12. The van der Waals surface area contributed by atoms with Gasteiger partial charge in [0.15, 0.2) is 5.82 Å². The minimum absolute atomic E-state index is 0.0703. The number of anilines is 1. The summed E-state index contributed by atoms with van der Waals surface area (Å²) >= 11 is 0. The van der Waals surface area contributed by atoms with E-state index in [9.17, 15) is 9.59 Å². The summed E-state index contributed by atoms with van der Waals surface area (Å²) in [6.07, 6.45) is 1.56. The number of nitrogens with two attached hydrogens (primary N) is 1. The molecule has 5 aromatic rings.